The predicted molar refractivity (Wildman–Crippen MR) is 95.7 cm³/mol. The number of benzene rings is 1. The number of nitrogens with one attached hydrogen (secondary N) is 2. The van der Waals surface area contributed by atoms with E-state index in [1.807, 2.05) is 24.4 Å². The van der Waals surface area contributed by atoms with E-state index in [1.165, 1.54) is 16.0 Å². The summed E-state index contributed by atoms with van der Waals surface area (Å²) >= 11 is 1.61. The molecule has 0 atom stereocenters. The first kappa shape index (κ1) is 16.1. The zero-order valence-corrected chi connectivity index (χ0v) is 14.0. The predicted octanol–water partition coefficient (Wildman–Crippen LogP) is 3.34. The van der Waals surface area contributed by atoms with E-state index in [2.05, 4.69) is 32.5 Å². The first-order chi connectivity index (χ1) is 11.7. The lowest BCUT2D eigenvalue weighted by Gasteiger charge is -2.07. The van der Waals surface area contributed by atoms with Crippen molar-refractivity contribution in [2.45, 2.75) is 19.8 Å². The van der Waals surface area contributed by atoms with Crippen molar-refractivity contribution in [1.82, 2.24) is 15.0 Å². The van der Waals surface area contributed by atoms with Crippen LogP contribution in [0.1, 0.15) is 16.0 Å². The molecule has 0 aliphatic carbocycles. The highest BCUT2D eigenvalue weighted by atomic mass is 32.1. The third-order valence-electron chi connectivity index (χ3n) is 3.57. The van der Waals surface area contributed by atoms with E-state index in [1.54, 1.807) is 29.9 Å². The fraction of sp³-hybridized carbons (Fsp3) is 0.176. The quantitative estimate of drug-likeness (QED) is 0.645. The highest BCUT2D eigenvalue weighted by Gasteiger charge is 2.06. The number of nitrogens with zero attached hydrogens (tertiary/aromatic N) is 3. The van der Waals surface area contributed by atoms with Crippen LogP contribution in [0.15, 0.2) is 43.0 Å². The van der Waals surface area contributed by atoms with Crippen LogP contribution < -0.4 is 10.6 Å². The van der Waals surface area contributed by atoms with E-state index >= 15 is 0 Å². The second kappa shape index (κ2) is 7.65. The summed E-state index contributed by atoms with van der Waals surface area (Å²) in [5.74, 6) is 0.682. The van der Waals surface area contributed by atoms with E-state index in [9.17, 15) is 4.79 Å². The molecule has 1 amide bonds. The maximum Gasteiger partial charge on any atom is 0.211 e. The van der Waals surface area contributed by atoms with Gasteiger partial charge in [-0.2, -0.15) is 0 Å². The van der Waals surface area contributed by atoms with Gasteiger partial charge in [0.25, 0.3) is 0 Å². The van der Waals surface area contributed by atoms with Crippen molar-refractivity contribution in [2.75, 3.05) is 10.6 Å². The summed E-state index contributed by atoms with van der Waals surface area (Å²) in [5, 5.41) is 6.64. The van der Waals surface area contributed by atoms with Crippen molar-refractivity contribution in [1.29, 1.82) is 0 Å². The number of carbonyl (C=O) groups is 1. The van der Waals surface area contributed by atoms with E-state index in [-0.39, 0.29) is 0 Å². The van der Waals surface area contributed by atoms with Crippen LogP contribution in [0.4, 0.5) is 16.6 Å². The SMILES string of the molecule is Cc1ccc(NC=O)cc1CCc1cnc(Nc2cnccn2)s1. The van der Waals surface area contributed by atoms with Crippen molar-refractivity contribution < 1.29 is 4.79 Å². The first-order valence-corrected chi connectivity index (χ1v) is 8.33. The molecule has 0 bridgehead atoms. The number of aromatic nitrogens is 3. The van der Waals surface area contributed by atoms with Crippen LogP contribution in [0.2, 0.25) is 0 Å². The molecule has 2 heterocycles. The zero-order valence-electron chi connectivity index (χ0n) is 13.2. The number of amides is 1. The molecule has 0 saturated carbocycles. The summed E-state index contributed by atoms with van der Waals surface area (Å²) in [5.41, 5.74) is 3.26. The average Bonchev–Trinajstić information content (AvgIpc) is 3.04. The van der Waals surface area contributed by atoms with Gasteiger partial charge in [0.05, 0.1) is 6.20 Å². The van der Waals surface area contributed by atoms with Gasteiger partial charge in [-0.3, -0.25) is 9.78 Å². The van der Waals surface area contributed by atoms with Crippen LogP contribution in [-0.4, -0.2) is 21.4 Å². The summed E-state index contributed by atoms with van der Waals surface area (Å²) in [6.45, 7) is 2.08. The second-order valence-corrected chi connectivity index (χ2v) is 6.37. The molecule has 0 fully saturated rings. The lowest BCUT2D eigenvalue weighted by atomic mass is 10.0. The van der Waals surface area contributed by atoms with Crippen molar-refractivity contribution in [3.05, 3.63) is 59.0 Å². The molecule has 7 heteroatoms. The van der Waals surface area contributed by atoms with E-state index in [4.69, 9.17) is 0 Å². The molecule has 0 radical (unpaired) electrons. The molecule has 24 heavy (non-hydrogen) atoms. The van der Waals surface area contributed by atoms with Gasteiger partial charge < -0.3 is 10.6 Å². The van der Waals surface area contributed by atoms with Gasteiger partial charge in [-0.1, -0.05) is 6.07 Å². The number of hydrogen-bond acceptors (Lipinski definition) is 6. The summed E-state index contributed by atoms with van der Waals surface area (Å²) in [7, 11) is 0. The summed E-state index contributed by atoms with van der Waals surface area (Å²) in [4.78, 5) is 24.3. The normalized spacial score (nSPS) is 10.4. The largest absolute Gasteiger partial charge is 0.329 e. The molecule has 2 N–H and O–H groups in total. The minimum atomic E-state index is 0.682. The molecule has 3 aromatic rings. The Balaban J connectivity index is 1.63. The average molecular weight is 339 g/mol. The molecule has 6 nitrogen and oxygen atoms in total. The molecule has 0 unspecified atom stereocenters. The number of rotatable bonds is 7. The molecule has 2 aromatic heterocycles. The van der Waals surface area contributed by atoms with Gasteiger partial charge in [0.15, 0.2) is 10.9 Å². The number of aryl methyl sites for hydroxylation is 3. The third kappa shape index (κ3) is 4.14. The number of anilines is 3. The van der Waals surface area contributed by atoms with Crippen LogP contribution in [0.25, 0.3) is 0 Å². The fourth-order valence-corrected chi connectivity index (χ4v) is 3.13. The van der Waals surface area contributed by atoms with Crippen molar-refractivity contribution >= 4 is 34.4 Å². The van der Waals surface area contributed by atoms with Gasteiger partial charge >= 0.3 is 0 Å². The van der Waals surface area contributed by atoms with E-state index in [0.717, 1.165) is 23.7 Å². The lowest BCUT2D eigenvalue weighted by Crippen LogP contribution is -1.98. The molecule has 0 saturated heterocycles. The van der Waals surface area contributed by atoms with Gasteiger partial charge in [-0.15, -0.1) is 11.3 Å². The number of thiazole rings is 1. The Hall–Kier alpha value is -2.80. The Labute approximate surface area is 144 Å². The second-order valence-electron chi connectivity index (χ2n) is 5.25. The Morgan fingerprint density at radius 2 is 2.08 bits per heavy atom. The molecular weight excluding hydrogens is 322 g/mol. The van der Waals surface area contributed by atoms with E-state index in [0.29, 0.717) is 12.2 Å². The maximum absolute atomic E-state index is 10.6. The van der Waals surface area contributed by atoms with Crippen molar-refractivity contribution in [3.63, 3.8) is 0 Å². The fourth-order valence-electron chi connectivity index (χ4n) is 2.31. The molecule has 0 aliphatic heterocycles. The Kier molecular flexibility index (Phi) is 5.12. The molecule has 0 spiro atoms. The Morgan fingerprint density at radius 1 is 1.17 bits per heavy atom. The van der Waals surface area contributed by atoms with Gasteiger partial charge in [-0.05, 0) is 43.0 Å². The third-order valence-corrected chi connectivity index (χ3v) is 4.54. The standard InChI is InChI=1S/C17H17N5OS/c1-12-2-4-14(21-11-23)8-13(12)3-5-15-9-20-17(24-15)22-16-10-18-6-7-19-16/h2,4,6-11H,3,5H2,1H3,(H,21,23)(H,19,20,22). The smallest absolute Gasteiger partial charge is 0.211 e. The lowest BCUT2D eigenvalue weighted by molar-refractivity contribution is -0.105. The molecule has 0 aliphatic rings. The summed E-state index contributed by atoms with van der Waals surface area (Å²) in [6.07, 6.45) is 9.30. The Bertz CT molecular complexity index is 819. The summed E-state index contributed by atoms with van der Waals surface area (Å²) < 4.78 is 0. The molecule has 3 rings (SSSR count). The van der Waals surface area contributed by atoms with Gasteiger partial charge in [-0.25, -0.2) is 9.97 Å². The van der Waals surface area contributed by atoms with Gasteiger partial charge in [0.2, 0.25) is 6.41 Å². The monoisotopic (exact) mass is 339 g/mol. The summed E-state index contributed by atoms with van der Waals surface area (Å²) in [6, 6.07) is 5.95. The van der Waals surface area contributed by atoms with Crippen LogP contribution in [0, 0.1) is 6.92 Å². The molecule has 122 valence electrons. The minimum absolute atomic E-state index is 0.682. The zero-order chi connectivity index (χ0) is 16.8. The van der Waals surface area contributed by atoms with Crippen molar-refractivity contribution in [3.8, 4) is 0 Å². The number of carbonyl (C=O) groups excluding carboxylic acids is 1. The van der Waals surface area contributed by atoms with Gasteiger partial charge in [0, 0.05) is 29.2 Å². The topological polar surface area (TPSA) is 79.8 Å². The Morgan fingerprint density at radius 3 is 2.88 bits per heavy atom. The number of hydrogen-bond donors (Lipinski definition) is 2. The van der Waals surface area contributed by atoms with Crippen LogP contribution in [-0.2, 0) is 17.6 Å². The highest BCUT2D eigenvalue weighted by molar-refractivity contribution is 7.15. The highest BCUT2D eigenvalue weighted by Crippen LogP contribution is 2.23. The van der Waals surface area contributed by atoms with Crippen LogP contribution in [0.3, 0.4) is 0 Å². The molecular formula is C17H17N5OS. The van der Waals surface area contributed by atoms with Crippen molar-refractivity contribution in [2.24, 2.45) is 0 Å². The first-order valence-electron chi connectivity index (χ1n) is 7.52. The van der Waals surface area contributed by atoms with E-state index < -0.39 is 0 Å². The maximum atomic E-state index is 10.6. The van der Waals surface area contributed by atoms with Crippen LogP contribution >= 0.6 is 11.3 Å². The van der Waals surface area contributed by atoms with Crippen LogP contribution in [0.5, 0.6) is 0 Å². The minimum Gasteiger partial charge on any atom is -0.329 e. The van der Waals surface area contributed by atoms with Gasteiger partial charge in [0.1, 0.15) is 0 Å². The molecule has 1 aromatic carbocycles.